The van der Waals surface area contributed by atoms with Crippen LogP contribution in [0.5, 0.6) is 17.2 Å². The minimum Gasteiger partial charge on any atom is -0.495 e. The number of aromatic nitrogens is 2. The number of methoxy groups -OCH3 is 1. The van der Waals surface area contributed by atoms with Crippen LogP contribution in [-0.4, -0.2) is 23.9 Å². The third-order valence-electron chi connectivity index (χ3n) is 3.91. The number of hydrogen-bond acceptors (Lipinski definition) is 7. The Morgan fingerprint density at radius 2 is 1.74 bits per heavy atom. The fourth-order valence-corrected chi connectivity index (χ4v) is 2.94. The molecule has 0 unspecified atom stereocenters. The fourth-order valence-electron chi connectivity index (χ4n) is 2.68. The van der Waals surface area contributed by atoms with Crippen LogP contribution in [0.4, 0.5) is 23.1 Å². The van der Waals surface area contributed by atoms with Crippen molar-refractivity contribution in [1.82, 2.24) is 9.97 Å². The summed E-state index contributed by atoms with van der Waals surface area (Å²) in [4.78, 5) is 8.94. The zero-order chi connectivity index (χ0) is 18.8. The SMILES string of the molecule is COc1ccc(Nc2cc(C)nc(Nc3ccc4c(c3)OCO4)n2)cc1Cl. The van der Waals surface area contributed by atoms with Crippen LogP contribution in [0.1, 0.15) is 5.69 Å². The molecule has 2 aromatic carbocycles. The quantitative estimate of drug-likeness (QED) is 0.662. The number of halogens is 1. The number of nitrogens with one attached hydrogen (secondary N) is 2. The molecule has 138 valence electrons. The predicted molar refractivity (Wildman–Crippen MR) is 104 cm³/mol. The van der Waals surface area contributed by atoms with Gasteiger partial charge in [0.05, 0.1) is 12.1 Å². The van der Waals surface area contributed by atoms with Crippen LogP contribution in [0.25, 0.3) is 0 Å². The van der Waals surface area contributed by atoms with E-state index in [1.54, 1.807) is 19.2 Å². The first-order valence-electron chi connectivity index (χ1n) is 8.23. The summed E-state index contributed by atoms with van der Waals surface area (Å²) in [5.41, 5.74) is 2.42. The van der Waals surface area contributed by atoms with Gasteiger partial charge in [0.25, 0.3) is 0 Å². The van der Waals surface area contributed by atoms with Gasteiger partial charge in [-0.3, -0.25) is 0 Å². The van der Waals surface area contributed by atoms with Gasteiger partial charge in [-0.25, -0.2) is 4.98 Å². The smallest absolute Gasteiger partial charge is 0.231 e. The van der Waals surface area contributed by atoms with Gasteiger partial charge in [-0.1, -0.05) is 11.6 Å². The molecule has 7 nitrogen and oxygen atoms in total. The molecule has 0 amide bonds. The molecular weight excluding hydrogens is 368 g/mol. The van der Waals surface area contributed by atoms with Crippen LogP contribution in [-0.2, 0) is 0 Å². The summed E-state index contributed by atoms with van der Waals surface area (Å²) in [6.45, 7) is 2.14. The lowest BCUT2D eigenvalue weighted by Crippen LogP contribution is -2.02. The highest BCUT2D eigenvalue weighted by Gasteiger charge is 2.14. The van der Waals surface area contributed by atoms with Gasteiger partial charge in [0, 0.05) is 29.2 Å². The molecule has 1 aliphatic heterocycles. The first-order valence-corrected chi connectivity index (χ1v) is 8.61. The molecule has 0 aliphatic carbocycles. The summed E-state index contributed by atoms with van der Waals surface area (Å²) in [5.74, 6) is 3.15. The number of rotatable bonds is 5. The van der Waals surface area contributed by atoms with E-state index in [1.165, 1.54) is 0 Å². The van der Waals surface area contributed by atoms with Gasteiger partial charge in [-0.05, 0) is 37.3 Å². The Kier molecular flexibility index (Phi) is 4.60. The molecule has 0 bridgehead atoms. The summed E-state index contributed by atoms with van der Waals surface area (Å²) in [5, 5.41) is 6.94. The van der Waals surface area contributed by atoms with Crippen molar-refractivity contribution in [2.24, 2.45) is 0 Å². The van der Waals surface area contributed by atoms with Gasteiger partial charge in [0.2, 0.25) is 12.7 Å². The van der Waals surface area contributed by atoms with E-state index >= 15 is 0 Å². The van der Waals surface area contributed by atoms with Crippen LogP contribution in [0.15, 0.2) is 42.5 Å². The molecule has 2 heterocycles. The lowest BCUT2D eigenvalue weighted by molar-refractivity contribution is 0.174. The zero-order valence-corrected chi connectivity index (χ0v) is 15.5. The molecule has 0 saturated carbocycles. The Morgan fingerprint density at radius 3 is 2.56 bits per heavy atom. The monoisotopic (exact) mass is 384 g/mol. The Hall–Kier alpha value is -3.19. The summed E-state index contributed by atoms with van der Waals surface area (Å²) in [6.07, 6.45) is 0. The summed E-state index contributed by atoms with van der Waals surface area (Å²) < 4.78 is 15.9. The van der Waals surface area contributed by atoms with E-state index in [0.717, 1.165) is 22.8 Å². The number of ether oxygens (including phenoxy) is 3. The van der Waals surface area contributed by atoms with E-state index in [9.17, 15) is 0 Å². The maximum Gasteiger partial charge on any atom is 0.231 e. The second-order valence-electron chi connectivity index (χ2n) is 5.89. The first kappa shape index (κ1) is 17.2. The molecular formula is C19H17ClN4O3. The van der Waals surface area contributed by atoms with Gasteiger partial charge in [-0.15, -0.1) is 0 Å². The maximum atomic E-state index is 6.18. The van der Waals surface area contributed by atoms with Crippen molar-refractivity contribution in [3.05, 3.63) is 53.2 Å². The van der Waals surface area contributed by atoms with Crippen LogP contribution in [0.3, 0.4) is 0 Å². The van der Waals surface area contributed by atoms with Gasteiger partial charge in [0.1, 0.15) is 11.6 Å². The zero-order valence-electron chi connectivity index (χ0n) is 14.7. The number of fused-ring (bicyclic) bond motifs is 1. The average molecular weight is 385 g/mol. The molecule has 27 heavy (non-hydrogen) atoms. The number of anilines is 4. The van der Waals surface area contributed by atoms with Crippen molar-refractivity contribution >= 4 is 34.7 Å². The highest BCUT2D eigenvalue weighted by Crippen LogP contribution is 2.35. The van der Waals surface area contributed by atoms with Crippen molar-refractivity contribution < 1.29 is 14.2 Å². The third-order valence-corrected chi connectivity index (χ3v) is 4.20. The largest absolute Gasteiger partial charge is 0.495 e. The topological polar surface area (TPSA) is 77.5 Å². The van der Waals surface area contributed by atoms with E-state index in [2.05, 4.69) is 20.6 Å². The Balaban J connectivity index is 1.55. The molecule has 2 N–H and O–H groups in total. The van der Waals surface area contributed by atoms with Crippen molar-refractivity contribution in [3.8, 4) is 17.2 Å². The van der Waals surface area contributed by atoms with E-state index in [1.807, 2.05) is 37.3 Å². The second-order valence-corrected chi connectivity index (χ2v) is 6.29. The lowest BCUT2D eigenvalue weighted by atomic mass is 10.3. The van der Waals surface area contributed by atoms with Gasteiger partial charge < -0.3 is 24.8 Å². The second kappa shape index (κ2) is 7.20. The maximum absolute atomic E-state index is 6.18. The van der Waals surface area contributed by atoms with Crippen LogP contribution >= 0.6 is 11.6 Å². The third kappa shape index (κ3) is 3.83. The summed E-state index contributed by atoms with van der Waals surface area (Å²) in [7, 11) is 1.58. The highest BCUT2D eigenvalue weighted by molar-refractivity contribution is 6.32. The fraction of sp³-hybridized carbons (Fsp3) is 0.158. The van der Waals surface area contributed by atoms with E-state index in [4.69, 9.17) is 25.8 Å². The molecule has 0 radical (unpaired) electrons. The standard InChI is InChI=1S/C19H17ClN4O3/c1-11-7-18(22-12-3-5-15(25-2)14(20)8-12)24-19(21-11)23-13-4-6-16-17(9-13)27-10-26-16/h3-9H,10H2,1-2H3,(H2,21,22,23,24). The van der Waals surface area contributed by atoms with Gasteiger partial charge >= 0.3 is 0 Å². The lowest BCUT2D eigenvalue weighted by Gasteiger charge is -2.11. The highest BCUT2D eigenvalue weighted by atomic mass is 35.5. The number of hydrogen-bond donors (Lipinski definition) is 2. The van der Waals surface area contributed by atoms with Crippen LogP contribution in [0.2, 0.25) is 5.02 Å². The summed E-state index contributed by atoms with van der Waals surface area (Å²) in [6, 6.07) is 12.9. The van der Waals surface area contributed by atoms with Gasteiger partial charge in [-0.2, -0.15) is 4.98 Å². The molecule has 4 rings (SSSR count). The molecule has 3 aromatic rings. The van der Waals surface area contributed by atoms with E-state index < -0.39 is 0 Å². The van der Waals surface area contributed by atoms with Crippen molar-refractivity contribution in [2.75, 3.05) is 24.5 Å². The summed E-state index contributed by atoms with van der Waals surface area (Å²) >= 11 is 6.18. The molecule has 1 aromatic heterocycles. The number of benzene rings is 2. The average Bonchev–Trinajstić information content (AvgIpc) is 3.09. The molecule has 1 aliphatic rings. The Labute approximate surface area is 161 Å². The number of nitrogens with zero attached hydrogens (tertiary/aromatic N) is 2. The van der Waals surface area contributed by atoms with E-state index in [-0.39, 0.29) is 6.79 Å². The normalized spacial score (nSPS) is 12.0. The van der Waals surface area contributed by atoms with Crippen molar-refractivity contribution in [3.63, 3.8) is 0 Å². The predicted octanol–water partition coefficient (Wildman–Crippen LogP) is 4.66. The minimum atomic E-state index is 0.234. The number of aryl methyl sites for hydroxylation is 1. The minimum absolute atomic E-state index is 0.234. The van der Waals surface area contributed by atoms with Crippen molar-refractivity contribution in [1.29, 1.82) is 0 Å². The molecule has 0 fully saturated rings. The van der Waals surface area contributed by atoms with Crippen LogP contribution < -0.4 is 24.8 Å². The molecule has 0 atom stereocenters. The van der Waals surface area contributed by atoms with Crippen LogP contribution in [0, 0.1) is 6.92 Å². The van der Waals surface area contributed by atoms with E-state index in [0.29, 0.717) is 28.3 Å². The molecule has 0 spiro atoms. The van der Waals surface area contributed by atoms with Gasteiger partial charge in [0.15, 0.2) is 11.5 Å². The Bertz CT molecular complexity index is 997. The Morgan fingerprint density at radius 1 is 0.963 bits per heavy atom. The molecule has 0 saturated heterocycles. The first-order chi connectivity index (χ1) is 13.1. The van der Waals surface area contributed by atoms with Crippen molar-refractivity contribution in [2.45, 2.75) is 6.92 Å². The molecule has 8 heteroatoms.